The molecule has 1 fully saturated rings. The molecule has 90 valence electrons. The molecule has 3 heterocycles. The van der Waals surface area contributed by atoms with Crippen LogP contribution in [0.4, 0.5) is 0 Å². The van der Waals surface area contributed by atoms with Crippen molar-refractivity contribution in [2.24, 2.45) is 7.05 Å². The van der Waals surface area contributed by atoms with Gasteiger partial charge in [0.05, 0.1) is 17.8 Å². The fourth-order valence-corrected chi connectivity index (χ4v) is 2.13. The van der Waals surface area contributed by atoms with Crippen molar-refractivity contribution in [3.63, 3.8) is 0 Å². The molecule has 1 aliphatic heterocycles. The van der Waals surface area contributed by atoms with Crippen LogP contribution in [0.15, 0.2) is 10.7 Å². The first kappa shape index (κ1) is 10.7. The van der Waals surface area contributed by atoms with E-state index in [1.54, 1.807) is 17.9 Å². The van der Waals surface area contributed by atoms with Gasteiger partial charge in [0.25, 0.3) is 5.89 Å². The fourth-order valence-electron chi connectivity index (χ4n) is 1.89. The van der Waals surface area contributed by atoms with Crippen molar-refractivity contribution in [1.82, 2.24) is 19.9 Å². The minimum absolute atomic E-state index is 0.222. The molecule has 0 N–H and O–H groups in total. The van der Waals surface area contributed by atoms with Crippen LogP contribution in [0.3, 0.4) is 0 Å². The average Bonchev–Trinajstić information content (AvgIpc) is 2.98. The fraction of sp³-hybridized carbons (Fsp3) is 0.500. The Morgan fingerprint density at radius 2 is 2.41 bits per heavy atom. The number of aromatic nitrogens is 4. The van der Waals surface area contributed by atoms with Gasteiger partial charge >= 0.3 is 0 Å². The average molecular weight is 255 g/mol. The predicted molar refractivity (Wildman–Crippen MR) is 59.7 cm³/mol. The Bertz CT molecular complexity index is 511. The number of aryl methyl sites for hydroxylation is 1. The molecular formula is C10H11ClN4O2. The first-order valence-corrected chi connectivity index (χ1v) is 5.72. The Morgan fingerprint density at radius 3 is 3.06 bits per heavy atom. The summed E-state index contributed by atoms with van der Waals surface area (Å²) in [7, 11) is 1.78. The van der Waals surface area contributed by atoms with Gasteiger partial charge in [0.15, 0.2) is 5.82 Å². The molecule has 0 aromatic carbocycles. The normalized spacial score (nSPS) is 20.0. The summed E-state index contributed by atoms with van der Waals surface area (Å²) in [5, 5.41) is 8.51. The summed E-state index contributed by atoms with van der Waals surface area (Å²) >= 11 is 6.01. The van der Waals surface area contributed by atoms with Crippen molar-refractivity contribution in [2.75, 3.05) is 13.2 Å². The third kappa shape index (κ3) is 1.83. The summed E-state index contributed by atoms with van der Waals surface area (Å²) in [5.41, 5.74) is 0.643. The zero-order valence-electron chi connectivity index (χ0n) is 9.26. The molecule has 0 amide bonds. The van der Waals surface area contributed by atoms with Gasteiger partial charge in [-0.3, -0.25) is 4.68 Å². The van der Waals surface area contributed by atoms with E-state index in [0.717, 1.165) is 13.0 Å². The van der Waals surface area contributed by atoms with Crippen molar-refractivity contribution in [3.8, 4) is 11.6 Å². The third-order valence-corrected chi connectivity index (χ3v) is 3.11. The standard InChI is InChI=1S/C10H11ClN4O2/c1-15-8(7(11)4-12-15)10-13-9(14-17-10)6-2-3-16-5-6/h4,6H,2-3,5H2,1H3/t6-/m1/s1. The van der Waals surface area contributed by atoms with E-state index >= 15 is 0 Å². The molecule has 0 aliphatic carbocycles. The minimum atomic E-state index is 0.222. The summed E-state index contributed by atoms with van der Waals surface area (Å²) in [6.45, 7) is 1.40. The largest absolute Gasteiger partial charge is 0.381 e. The second kappa shape index (κ2) is 4.12. The van der Waals surface area contributed by atoms with Crippen LogP contribution >= 0.6 is 11.6 Å². The van der Waals surface area contributed by atoms with Crippen LogP contribution in [0.25, 0.3) is 11.6 Å². The highest BCUT2D eigenvalue weighted by molar-refractivity contribution is 6.32. The van der Waals surface area contributed by atoms with Gasteiger partial charge in [0, 0.05) is 19.6 Å². The molecule has 17 heavy (non-hydrogen) atoms. The Kier molecular flexibility index (Phi) is 2.60. The molecule has 0 spiro atoms. The SMILES string of the molecule is Cn1ncc(Cl)c1-c1nc([C@@H]2CCOC2)no1. The Labute approximate surface area is 103 Å². The highest BCUT2D eigenvalue weighted by atomic mass is 35.5. The molecule has 2 aromatic rings. The van der Waals surface area contributed by atoms with E-state index < -0.39 is 0 Å². The molecule has 0 radical (unpaired) electrons. The Hall–Kier alpha value is -1.40. The van der Waals surface area contributed by atoms with E-state index in [9.17, 15) is 0 Å². The van der Waals surface area contributed by atoms with Gasteiger partial charge < -0.3 is 9.26 Å². The van der Waals surface area contributed by atoms with Crippen LogP contribution in [0, 0.1) is 0 Å². The molecule has 3 rings (SSSR count). The molecule has 1 saturated heterocycles. The lowest BCUT2D eigenvalue weighted by atomic mass is 10.1. The first-order valence-electron chi connectivity index (χ1n) is 5.35. The van der Waals surface area contributed by atoms with Crippen molar-refractivity contribution in [3.05, 3.63) is 17.0 Å². The van der Waals surface area contributed by atoms with Crippen molar-refractivity contribution < 1.29 is 9.26 Å². The lowest BCUT2D eigenvalue weighted by Gasteiger charge is -1.98. The van der Waals surface area contributed by atoms with Crippen LogP contribution in [0.2, 0.25) is 5.02 Å². The van der Waals surface area contributed by atoms with Crippen LogP contribution in [0.1, 0.15) is 18.2 Å². The van der Waals surface area contributed by atoms with Crippen molar-refractivity contribution in [1.29, 1.82) is 0 Å². The van der Waals surface area contributed by atoms with E-state index in [4.69, 9.17) is 20.9 Å². The van der Waals surface area contributed by atoms with Crippen LogP contribution in [-0.4, -0.2) is 33.1 Å². The molecule has 0 bridgehead atoms. The number of halogens is 1. The Morgan fingerprint density at radius 1 is 1.53 bits per heavy atom. The van der Waals surface area contributed by atoms with E-state index in [0.29, 0.717) is 29.0 Å². The summed E-state index contributed by atoms with van der Waals surface area (Å²) < 4.78 is 12.1. The molecular weight excluding hydrogens is 244 g/mol. The third-order valence-electron chi connectivity index (χ3n) is 2.83. The molecule has 7 heteroatoms. The van der Waals surface area contributed by atoms with Gasteiger partial charge in [-0.25, -0.2) is 0 Å². The number of hydrogen-bond donors (Lipinski definition) is 0. The van der Waals surface area contributed by atoms with Gasteiger partial charge in [-0.2, -0.15) is 10.1 Å². The zero-order valence-corrected chi connectivity index (χ0v) is 10.0. The highest BCUT2D eigenvalue weighted by Crippen LogP contribution is 2.28. The molecule has 1 atom stereocenters. The second-order valence-corrected chi connectivity index (χ2v) is 4.39. The van der Waals surface area contributed by atoms with Gasteiger partial charge in [-0.15, -0.1) is 0 Å². The molecule has 0 unspecified atom stereocenters. The maximum atomic E-state index is 6.01. The second-order valence-electron chi connectivity index (χ2n) is 3.98. The highest BCUT2D eigenvalue weighted by Gasteiger charge is 2.25. The van der Waals surface area contributed by atoms with E-state index in [1.165, 1.54) is 0 Å². The maximum absolute atomic E-state index is 6.01. The summed E-state index contributed by atoms with van der Waals surface area (Å²) in [4.78, 5) is 4.35. The lowest BCUT2D eigenvalue weighted by molar-refractivity contribution is 0.192. The molecule has 6 nitrogen and oxygen atoms in total. The van der Waals surface area contributed by atoms with Crippen molar-refractivity contribution in [2.45, 2.75) is 12.3 Å². The smallest absolute Gasteiger partial charge is 0.277 e. The first-order chi connectivity index (χ1) is 8.25. The lowest BCUT2D eigenvalue weighted by Crippen LogP contribution is -2.00. The quantitative estimate of drug-likeness (QED) is 0.815. The predicted octanol–water partition coefficient (Wildman–Crippen LogP) is 1.63. The monoisotopic (exact) mass is 254 g/mol. The van der Waals surface area contributed by atoms with E-state index in [2.05, 4.69) is 15.2 Å². The topological polar surface area (TPSA) is 66.0 Å². The number of rotatable bonds is 2. The Balaban J connectivity index is 1.94. The van der Waals surface area contributed by atoms with Crippen LogP contribution in [-0.2, 0) is 11.8 Å². The number of ether oxygens (including phenoxy) is 1. The summed E-state index contributed by atoms with van der Waals surface area (Å²) in [5.74, 6) is 1.30. The van der Waals surface area contributed by atoms with E-state index in [1.807, 2.05) is 0 Å². The van der Waals surface area contributed by atoms with Crippen molar-refractivity contribution >= 4 is 11.6 Å². The maximum Gasteiger partial charge on any atom is 0.277 e. The summed E-state index contributed by atoms with van der Waals surface area (Å²) in [6, 6.07) is 0. The minimum Gasteiger partial charge on any atom is -0.381 e. The van der Waals surface area contributed by atoms with Gasteiger partial charge in [0.1, 0.15) is 5.69 Å². The number of nitrogens with zero attached hydrogens (tertiary/aromatic N) is 4. The molecule has 1 aliphatic rings. The van der Waals surface area contributed by atoms with Crippen LogP contribution < -0.4 is 0 Å². The van der Waals surface area contributed by atoms with Crippen LogP contribution in [0.5, 0.6) is 0 Å². The van der Waals surface area contributed by atoms with E-state index in [-0.39, 0.29) is 5.92 Å². The van der Waals surface area contributed by atoms with Gasteiger partial charge in [-0.05, 0) is 6.42 Å². The number of hydrogen-bond acceptors (Lipinski definition) is 5. The summed E-state index contributed by atoms with van der Waals surface area (Å²) in [6.07, 6.45) is 2.48. The molecule has 0 saturated carbocycles. The van der Waals surface area contributed by atoms with Gasteiger partial charge in [0.2, 0.25) is 0 Å². The zero-order chi connectivity index (χ0) is 11.8. The molecule has 2 aromatic heterocycles. The van der Waals surface area contributed by atoms with Gasteiger partial charge in [-0.1, -0.05) is 16.8 Å².